The topological polar surface area (TPSA) is 0 Å². The van der Waals surface area contributed by atoms with E-state index in [-0.39, 0.29) is 0 Å². The lowest BCUT2D eigenvalue weighted by Gasteiger charge is -1.95. The van der Waals surface area contributed by atoms with E-state index in [2.05, 4.69) is 80.1 Å². The van der Waals surface area contributed by atoms with Crippen molar-refractivity contribution in [3.05, 3.63) is 41.5 Å². The van der Waals surface area contributed by atoms with Crippen molar-refractivity contribution in [1.82, 2.24) is 0 Å². The summed E-state index contributed by atoms with van der Waals surface area (Å²) in [6.07, 6.45) is 8.76. The molecule has 0 nitrogen and oxygen atoms in total. The van der Waals surface area contributed by atoms with Gasteiger partial charge >= 0.3 is 0 Å². The van der Waals surface area contributed by atoms with Gasteiger partial charge in [-0.05, 0) is 37.0 Å². The summed E-state index contributed by atoms with van der Waals surface area (Å²) in [7, 11) is 0. The number of alkyl halides is 2. The van der Waals surface area contributed by atoms with Gasteiger partial charge in [-0.2, -0.15) is 0 Å². The third kappa shape index (κ3) is 7.03. The van der Waals surface area contributed by atoms with Gasteiger partial charge in [0.15, 0.2) is 0 Å². The van der Waals surface area contributed by atoms with E-state index in [1.54, 1.807) is 0 Å². The highest BCUT2D eigenvalue weighted by molar-refractivity contribution is 9.09. The van der Waals surface area contributed by atoms with Gasteiger partial charge in [0.05, 0.1) is 0 Å². The van der Waals surface area contributed by atoms with Gasteiger partial charge < -0.3 is 0 Å². The first-order chi connectivity index (χ1) is 8.86. The van der Waals surface area contributed by atoms with Crippen LogP contribution in [0.15, 0.2) is 30.3 Å². The minimum atomic E-state index is 0.955. The van der Waals surface area contributed by atoms with E-state index >= 15 is 0 Å². The Morgan fingerprint density at radius 1 is 1.11 bits per heavy atom. The van der Waals surface area contributed by atoms with Crippen LogP contribution in [0.25, 0.3) is 6.08 Å². The average molecular weight is 370 g/mol. The largest absolute Gasteiger partial charge is 0.0979 e. The third-order valence-corrected chi connectivity index (χ3v) is 3.49. The Kier molecular flexibility index (Phi) is 8.98. The molecule has 0 unspecified atom stereocenters. The van der Waals surface area contributed by atoms with Crippen molar-refractivity contribution in [2.24, 2.45) is 0 Å². The zero-order valence-electron chi connectivity index (χ0n) is 10.5. The van der Waals surface area contributed by atoms with Crippen LogP contribution < -0.4 is 0 Å². The molecule has 0 atom stereocenters. The van der Waals surface area contributed by atoms with Gasteiger partial charge in [-0.25, -0.2) is 0 Å². The highest BCUT2D eigenvalue weighted by Gasteiger charge is 1.89. The maximum absolute atomic E-state index is 3.43. The number of rotatable bonds is 6. The Balaban J connectivity index is 2.55. The molecule has 0 aliphatic carbocycles. The SMILES string of the molecule is BrCCCC#Cc1cccc(C=CCCCBr)c1. The van der Waals surface area contributed by atoms with Crippen LogP contribution >= 0.6 is 31.9 Å². The fourth-order valence-electron chi connectivity index (χ4n) is 1.45. The van der Waals surface area contributed by atoms with Crippen molar-refractivity contribution in [3.8, 4) is 11.8 Å². The molecule has 2 heteroatoms. The van der Waals surface area contributed by atoms with Gasteiger partial charge in [-0.3, -0.25) is 0 Å². The quantitative estimate of drug-likeness (QED) is 0.357. The van der Waals surface area contributed by atoms with Gasteiger partial charge in [0.25, 0.3) is 0 Å². The molecule has 0 saturated heterocycles. The van der Waals surface area contributed by atoms with Crippen molar-refractivity contribution in [3.63, 3.8) is 0 Å². The molecule has 0 aliphatic rings. The molecule has 1 rings (SSSR count). The van der Waals surface area contributed by atoms with Crippen LogP contribution in [0.1, 0.15) is 36.8 Å². The number of unbranched alkanes of at least 4 members (excludes halogenated alkanes) is 2. The molecule has 0 heterocycles. The summed E-state index contributed by atoms with van der Waals surface area (Å²) in [4.78, 5) is 0. The predicted octanol–water partition coefficient (Wildman–Crippen LogP) is 5.40. The molecular formula is C16H18Br2. The molecule has 0 radical (unpaired) electrons. The van der Waals surface area contributed by atoms with E-state index in [1.165, 1.54) is 12.0 Å². The van der Waals surface area contributed by atoms with Crippen LogP contribution in [0, 0.1) is 11.8 Å². The van der Waals surface area contributed by atoms with Crippen molar-refractivity contribution in [1.29, 1.82) is 0 Å². The number of hydrogen-bond acceptors (Lipinski definition) is 0. The summed E-state index contributed by atoms with van der Waals surface area (Å²) >= 11 is 6.84. The highest BCUT2D eigenvalue weighted by atomic mass is 79.9. The second-order valence-corrected chi connectivity index (χ2v) is 5.54. The van der Waals surface area contributed by atoms with E-state index in [0.717, 1.165) is 35.5 Å². The second kappa shape index (κ2) is 10.4. The first-order valence-electron chi connectivity index (χ1n) is 6.24. The lowest BCUT2D eigenvalue weighted by molar-refractivity contribution is 0.983. The zero-order valence-corrected chi connectivity index (χ0v) is 13.6. The van der Waals surface area contributed by atoms with E-state index < -0.39 is 0 Å². The molecule has 18 heavy (non-hydrogen) atoms. The molecule has 0 bridgehead atoms. The summed E-state index contributed by atoms with van der Waals surface area (Å²) in [6.45, 7) is 0. The van der Waals surface area contributed by atoms with E-state index in [9.17, 15) is 0 Å². The maximum Gasteiger partial charge on any atom is 0.0251 e. The molecule has 1 aromatic carbocycles. The van der Waals surface area contributed by atoms with Crippen molar-refractivity contribution >= 4 is 37.9 Å². The minimum absolute atomic E-state index is 0.955. The fourth-order valence-corrected chi connectivity index (χ4v) is 2.06. The van der Waals surface area contributed by atoms with Gasteiger partial charge in [0.2, 0.25) is 0 Å². The Bertz CT molecular complexity index is 424. The Morgan fingerprint density at radius 3 is 2.72 bits per heavy atom. The first-order valence-corrected chi connectivity index (χ1v) is 8.48. The Labute approximate surface area is 127 Å². The summed E-state index contributed by atoms with van der Waals surface area (Å²) in [5, 5.41) is 2.09. The molecule has 0 amide bonds. The smallest absolute Gasteiger partial charge is 0.0251 e. The minimum Gasteiger partial charge on any atom is -0.0979 e. The predicted molar refractivity (Wildman–Crippen MR) is 88.4 cm³/mol. The summed E-state index contributed by atoms with van der Waals surface area (Å²) in [6, 6.07) is 8.40. The second-order valence-electron chi connectivity index (χ2n) is 3.95. The number of allylic oxidation sites excluding steroid dienone is 1. The maximum atomic E-state index is 3.43. The molecule has 96 valence electrons. The normalized spacial score (nSPS) is 10.3. The Hall–Kier alpha value is -0.520. The summed E-state index contributed by atoms with van der Waals surface area (Å²) in [5.74, 6) is 6.41. The van der Waals surface area contributed by atoms with E-state index in [4.69, 9.17) is 0 Å². The zero-order chi connectivity index (χ0) is 13.1. The van der Waals surface area contributed by atoms with E-state index in [0.29, 0.717) is 0 Å². The van der Waals surface area contributed by atoms with Crippen LogP contribution in [0.4, 0.5) is 0 Å². The molecular weight excluding hydrogens is 352 g/mol. The van der Waals surface area contributed by atoms with Crippen LogP contribution in [0.2, 0.25) is 0 Å². The standard InChI is InChI=1S/C16H18Br2/c17-12-5-1-3-8-15-10-7-11-16(14-15)9-4-2-6-13-18/h3,7-8,10-11,14H,1-2,5-6,12-13H2. The fraction of sp³-hybridized carbons (Fsp3) is 0.375. The number of benzene rings is 1. The van der Waals surface area contributed by atoms with Gasteiger partial charge in [0.1, 0.15) is 0 Å². The lowest BCUT2D eigenvalue weighted by atomic mass is 10.1. The number of halogens is 2. The summed E-state index contributed by atoms with van der Waals surface area (Å²) < 4.78 is 0. The van der Waals surface area contributed by atoms with Crippen LogP contribution in [-0.2, 0) is 0 Å². The molecule has 0 saturated carbocycles. The van der Waals surface area contributed by atoms with Gasteiger partial charge in [-0.1, -0.05) is 68.0 Å². The first kappa shape index (κ1) is 15.5. The lowest BCUT2D eigenvalue weighted by Crippen LogP contribution is -1.78. The van der Waals surface area contributed by atoms with E-state index in [1.807, 2.05) is 0 Å². The van der Waals surface area contributed by atoms with Crippen molar-refractivity contribution in [2.75, 3.05) is 10.7 Å². The molecule has 0 N–H and O–H groups in total. The molecule has 1 aromatic rings. The van der Waals surface area contributed by atoms with Crippen LogP contribution in [0.5, 0.6) is 0 Å². The summed E-state index contributed by atoms with van der Waals surface area (Å²) in [5.41, 5.74) is 2.34. The molecule has 0 fully saturated rings. The van der Waals surface area contributed by atoms with Crippen molar-refractivity contribution < 1.29 is 0 Å². The highest BCUT2D eigenvalue weighted by Crippen LogP contribution is 2.08. The average Bonchev–Trinajstić information content (AvgIpc) is 2.40. The number of hydrogen-bond donors (Lipinski definition) is 0. The molecule has 0 aromatic heterocycles. The van der Waals surface area contributed by atoms with Crippen LogP contribution in [0.3, 0.4) is 0 Å². The Morgan fingerprint density at radius 2 is 1.94 bits per heavy atom. The monoisotopic (exact) mass is 368 g/mol. The molecule has 0 spiro atoms. The van der Waals surface area contributed by atoms with Crippen LogP contribution in [-0.4, -0.2) is 10.7 Å². The third-order valence-electron chi connectivity index (χ3n) is 2.37. The molecule has 0 aliphatic heterocycles. The van der Waals surface area contributed by atoms with Gasteiger partial charge in [-0.15, -0.1) is 0 Å². The van der Waals surface area contributed by atoms with Crippen molar-refractivity contribution in [2.45, 2.75) is 25.7 Å². The van der Waals surface area contributed by atoms with Gasteiger partial charge in [0, 0.05) is 22.6 Å².